The van der Waals surface area contributed by atoms with E-state index in [1.807, 2.05) is 20.8 Å². The van der Waals surface area contributed by atoms with Crippen LogP contribution in [-0.2, 0) is 4.79 Å². The molecule has 0 spiro atoms. The molecule has 40 heavy (non-hydrogen) atoms. The summed E-state index contributed by atoms with van der Waals surface area (Å²) in [6.45, 7) is 7.77. The molecule has 1 aromatic rings. The van der Waals surface area contributed by atoms with Crippen LogP contribution in [0.25, 0.3) is 0 Å². The van der Waals surface area contributed by atoms with E-state index in [9.17, 15) is 24.5 Å². The maximum Gasteiger partial charge on any atom is 0.178 e. The molecule has 1 aliphatic heterocycles. The van der Waals surface area contributed by atoms with Gasteiger partial charge in [-0.1, -0.05) is 56.3 Å². The Morgan fingerprint density at radius 1 is 1.18 bits per heavy atom. The van der Waals surface area contributed by atoms with Crippen LogP contribution in [0.15, 0.2) is 53.1 Å². The lowest BCUT2D eigenvalue weighted by molar-refractivity contribution is -0.223. The summed E-state index contributed by atoms with van der Waals surface area (Å²) in [7, 11) is 0. The molecule has 0 aromatic heterocycles. The number of halogens is 2. The molecule has 0 radical (unpaired) electrons. The van der Waals surface area contributed by atoms with Crippen molar-refractivity contribution >= 4 is 22.7 Å². The first-order valence-corrected chi connectivity index (χ1v) is 15.1. The predicted octanol–water partition coefficient (Wildman–Crippen LogP) is 4.61. The Labute approximate surface area is 238 Å². The summed E-state index contributed by atoms with van der Waals surface area (Å²) in [5, 5.41) is 38.3. The van der Waals surface area contributed by atoms with Crippen molar-refractivity contribution in [1.29, 1.82) is 0 Å². The van der Waals surface area contributed by atoms with Crippen LogP contribution in [0.5, 0.6) is 0 Å². The van der Waals surface area contributed by atoms with E-state index < -0.39 is 52.2 Å². The van der Waals surface area contributed by atoms with Crippen molar-refractivity contribution in [2.45, 2.75) is 88.3 Å². The summed E-state index contributed by atoms with van der Waals surface area (Å²) in [5.41, 5.74) is -3.90. The number of alkyl halides is 1. The zero-order valence-electron chi connectivity index (χ0n) is 23.3. The van der Waals surface area contributed by atoms with Crippen LogP contribution in [0.3, 0.4) is 0 Å². The van der Waals surface area contributed by atoms with Crippen molar-refractivity contribution in [2.75, 3.05) is 0 Å². The van der Waals surface area contributed by atoms with Gasteiger partial charge in [0.25, 0.3) is 0 Å². The molecule has 11 atom stereocenters. The Kier molecular flexibility index (Phi) is 6.47. The first-order chi connectivity index (χ1) is 18.8. The Bertz CT molecular complexity index is 1320. The highest BCUT2D eigenvalue weighted by atomic mass is 32.2. The van der Waals surface area contributed by atoms with Gasteiger partial charge in [0.15, 0.2) is 22.8 Å². The number of nitrogens with one attached hydrogen (secondary N) is 1. The van der Waals surface area contributed by atoms with Gasteiger partial charge in [0.1, 0.15) is 5.82 Å². The number of allylic oxidation sites excluding steroid dienone is 4. The molecule has 3 fully saturated rings. The Morgan fingerprint density at radius 2 is 1.88 bits per heavy atom. The minimum Gasteiger partial charge on any atom is -0.390 e. The van der Waals surface area contributed by atoms with Gasteiger partial charge in [0.05, 0.1) is 17.7 Å². The molecule has 0 saturated heterocycles. The van der Waals surface area contributed by atoms with E-state index in [1.54, 1.807) is 13.0 Å². The average molecular weight is 573 g/mol. The Hall–Kier alpha value is -2.07. The van der Waals surface area contributed by atoms with Crippen molar-refractivity contribution in [1.82, 2.24) is 5.32 Å². The van der Waals surface area contributed by atoms with E-state index in [0.717, 1.165) is 5.57 Å². The number of aliphatic hydroxyl groups excluding tert-OH is 2. The molecule has 216 valence electrons. The summed E-state index contributed by atoms with van der Waals surface area (Å²) < 4.78 is 30.8. The van der Waals surface area contributed by atoms with Gasteiger partial charge in [-0.15, -0.1) is 0 Å². The molecule has 1 heterocycles. The van der Waals surface area contributed by atoms with Crippen molar-refractivity contribution < 1.29 is 28.9 Å². The number of aliphatic imine (C=N–C) groups is 1. The molecule has 3 unspecified atom stereocenters. The largest absolute Gasteiger partial charge is 0.390 e. The number of thioether (sulfide) groups is 1. The van der Waals surface area contributed by atoms with Crippen LogP contribution in [-0.4, -0.2) is 54.9 Å². The molecular formula is C31H38F2N2O4S. The number of hydrogen-bond acceptors (Lipinski definition) is 7. The standard InChI is InChI=1S/C31H38F2N2O4S/c1-16-13-23-22-10-7-19-14-21(36)11-12-28(19,3)30(22,33)24(37)15-29(23,4)31(16,39)25-17(2)40-27(34-25)35-26(38)18-5-8-20(32)9-6-18/h5-6,8-9,11-12,14,16-17,22-26,37-39H,7,10,13,15H2,1-4H3,(H,34,35)/t16-,17?,22+,23+,24+,25?,26?,28+,29+,30+,31+/m1/s1. The predicted molar refractivity (Wildman–Crippen MR) is 151 cm³/mol. The van der Waals surface area contributed by atoms with Crippen LogP contribution in [0.4, 0.5) is 8.78 Å². The van der Waals surface area contributed by atoms with Crippen molar-refractivity contribution in [3.05, 3.63) is 59.4 Å². The quantitative estimate of drug-likeness (QED) is 0.395. The number of aliphatic hydroxyl groups is 3. The molecule has 0 bridgehead atoms. The highest BCUT2D eigenvalue weighted by molar-refractivity contribution is 8.14. The van der Waals surface area contributed by atoms with E-state index in [-0.39, 0.29) is 29.3 Å². The fraction of sp³-hybridized carbons (Fsp3) is 0.613. The smallest absolute Gasteiger partial charge is 0.178 e. The second-order valence-corrected chi connectivity index (χ2v) is 14.4. The van der Waals surface area contributed by atoms with Crippen LogP contribution < -0.4 is 5.32 Å². The number of carbonyl (C=O) groups excluding carboxylic acids is 1. The minimum atomic E-state index is -1.95. The normalized spacial score (nSPS) is 46.7. The number of carbonyl (C=O) groups is 1. The third-order valence-corrected chi connectivity index (χ3v) is 12.3. The number of benzene rings is 1. The van der Waals surface area contributed by atoms with Crippen molar-refractivity contribution in [3.63, 3.8) is 0 Å². The fourth-order valence-electron chi connectivity index (χ4n) is 9.08. The maximum atomic E-state index is 17.5. The Balaban J connectivity index is 1.32. The van der Waals surface area contributed by atoms with Crippen LogP contribution in [0.1, 0.15) is 65.2 Å². The maximum absolute atomic E-state index is 17.5. The van der Waals surface area contributed by atoms with E-state index in [2.05, 4.69) is 5.32 Å². The van der Waals surface area contributed by atoms with Crippen LogP contribution in [0.2, 0.25) is 0 Å². The molecule has 4 N–H and O–H groups in total. The molecule has 3 saturated carbocycles. The van der Waals surface area contributed by atoms with Gasteiger partial charge in [0.2, 0.25) is 0 Å². The van der Waals surface area contributed by atoms with E-state index in [1.165, 1.54) is 48.2 Å². The number of nitrogens with zero attached hydrogens (tertiary/aromatic N) is 1. The lowest BCUT2D eigenvalue weighted by Gasteiger charge is -2.63. The van der Waals surface area contributed by atoms with Gasteiger partial charge in [-0.05, 0) is 68.7 Å². The zero-order chi connectivity index (χ0) is 28.8. The van der Waals surface area contributed by atoms with E-state index in [0.29, 0.717) is 30.0 Å². The summed E-state index contributed by atoms with van der Waals surface area (Å²) in [5.74, 6) is -1.41. The molecular weight excluding hydrogens is 534 g/mol. The summed E-state index contributed by atoms with van der Waals surface area (Å²) in [4.78, 5) is 17.0. The fourth-order valence-corrected chi connectivity index (χ4v) is 10.2. The van der Waals surface area contributed by atoms with Gasteiger partial charge < -0.3 is 20.6 Å². The van der Waals surface area contributed by atoms with Crippen LogP contribution >= 0.6 is 11.8 Å². The van der Waals surface area contributed by atoms with Crippen molar-refractivity contribution in [2.24, 2.45) is 33.6 Å². The third kappa shape index (κ3) is 3.63. The van der Waals surface area contributed by atoms with Gasteiger partial charge >= 0.3 is 0 Å². The van der Waals surface area contributed by atoms with Gasteiger partial charge in [-0.2, -0.15) is 0 Å². The highest BCUT2D eigenvalue weighted by Crippen LogP contribution is 2.71. The van der Waals surface area contributed by atoms with E-state index in [4.69, 9.17) is 4.99 Å². The van der Waals surface area contributed by atoms with E-state index >= 15 is 4.39 Å². The molecule has 6 nitrogen and oxygen atoms in total. The second kappa shape index (κ2) is 9.21. The number of ketones is 1. The van der Waals surface area contributed by atoms with Gasteiger partial charge in [0, 0.05) is 27.6 Å². The molecule has 0 amide bonds. The Morgan fingerprint density at radius 3 is 2.58 bits per heavy atom. The lowest BCUT2D eigenvalue weighted by Crippen LogP contribution is -2.70. The van der Waals surface area contributed by atoms with Gasteiger partial charge in [-0.3, -0.25) is 9.79 Å². The minimum absolute atomic E-state index is 0.0839. The second-order valence-electron chi connectivity index (χ2n) is 13.0. The SMILES string of the molecule is CC1SC(NC(O)c2ccc(F)cc2)=NC1[C@@]1(O)[C@H](C)C[C@H]2[C@@H]3CCC4=CC(=O)C=C[C@]4(C)[C@@]3(F)[C@@H](O)C[C@@]21C. The molecule has 9 heteroatoms. The number of fused-ring (bicyclic) bond motifs is 5. The molecule has 5 aliphatic rings. The highest BCUT2D eigenvalue weighted by Gasteiger charge is 2.76. The number of amidine groups is 1. The lowest BCUT2D eigenvalue weighted by atomic mass is 9.44. The summed E-state index contributed by atoms with van der Waals surface area (Å²) in [6.07, 6.45) is 3.96. The summed E-state index contributed by atoms with van der Waals surface area (Å²) in [6, 6.07) is 5.03. The number of rotatable bonds is 3. The van der Waals surface area contributed by atoms with Gasteiger partial charge in [-0.25, -0.2) is 8.78 Å². The first-order valence-electron chi connectivity index (χ1n) is 14.2. The molecule has 4 aliphatic carbocycles. The third-order valence-electron chi connectivity index (χ3n) is 11.2. The molecule has 1 aromatic carbocycles. The first kappa shape index (κ1) is 28.1. The topological polar surface area (TPSA) is 102 Å². The number of hydrogen-bond donors (Lipinski definition) is 4. The van der Waals surface area contributed by atoms with Crippen molar-refractivity contribution in [3.8, 4) is 0 Å². The monoisotopic (exact) mass is 572 g/mol. The average Bonchev–Trinajstić information content (AvgIpc) is 3.36. The zero-order valence-corrected chi connectivity index (χ0v) is 24.1. The molecule has 6 rings (SSSR count). The van der Waals surface area contributed by atoms with Crippen LogP contribution in [0, 0.1) is 34.4 Å². The summed E-state index contributed by atoms with van der Waals surface area (Å²) >= 11 is 1.42.